The third-order valence-electron chi connectivity index (χ3n) is 4.71. The van der Waals surface area contributed by atoms with E-state index in [1.165, 1.54) is 0 Å². The number of hydrogen-bond donors (Lipinski definition) is 0. The molecule has 0 aromatic carbocycles. The summed E-state index contributed by atoms with van der Waals surface area (Å²) in [5, 5.41) is 0. The molecular weight excluding hydrogens is 370 g/mol. The number of fused-ring (bicyclic) bond motifs is 1. The summed E-state index contributed by atoms with van der Waals surface area (Å²) >= 11 is 0. The second kappa shape index (κ2) is 9.58. The highest BCUT2D eigenvalue weighted by Crippen LogP contribution is 2.25. The molecule has 8 nitrogen and oxygen atoms in total. The molecule has 29 heavy (non-hydrogen) atoms. The second-order valence-corrected chi connectivity index (χ2v) is 7.25. The highest BCUT2D eigenvalue weighted by atomic mass is 16.5. The van der Waals surface area contributed by atoms with Crippen LogP contribution in [0.1, 0.15) is 28.5 Å². The number of amides is 1. The molecule has 1 aliphatic heterocycles. The quantitative estimate of drug-likeness (QED) is 0.656. The minimum absolute atomic E-state index is 0.0401. The number of nitrogens with zero attached hydrogens (tertiary/aromatic N) is 5. The molecule has 1 aliphatic rings. The van der Waals surface area contributed by atoms with Crippen LogP contribution in [0.2, 0.25) is 0 Å². The maximum absolute atomic E-state index is 13.0. The first kappa shape index (κ1) is 20.9. The number of anilines is 1. The van der Waals surface area contributed by atoms with Gasteiger partial charge in [-0.2, -0.15) is 0 Å². The fourth-order valence-electron chi connectivity index (χ4n) is 3.30. The van der Waals surface area contributed by atoms with Gasteiger partial charge in [-0.05, 0) is 39.2 Å². The summed E-state index contributed by atoms with van der Waals surface area (Å²) < 4.78 is 5.06. The lowest BCUT2D eigenvalue weighted by Gasteiger charge is -2.24. The Kier molecular flexibility index (Phi) is 6.90. The highest BCUT2D eigenvalue weighted by Gasteiger charge is 2.26. The monoisotopic (exact) mass is 397 g/mol. The number of hydrogen-bond acceptors (Lipinski definition) is 7. The molecule has 3 heterocycles. The van der Waals surface area contributed by atoms with E-state index in [1.807, 2.05) is 36.2 Å². The van der Waals surface area contributed by atoms with Gasteiger partial charge >= 0.3 is 5.97 Å². The molecule has 0 unspecified atom stereocenters. The van der Waals surface area contributed by atoms with Crippen molar-refractivity contribution in [2.45, 2.75) is 20.0 Å². The molecule has 0 fully saturated rings. The van der Waals surface area contributed by atoms with Gasteiger partial charge in [0.2, 0.25) is 5.91 Å². The molecule has 0 spiro atoms. The predicted molar refractivity (Wildman–Crippen MR) is 109 cm³/mol. The van der Waals surface area contributed by atoms with Crippen LogP contribution in [-0.2, 0) is 22.6 Å². The van der Waals surface area contributed by atoms with Crippen molar-refractivity contribution in [1.29, 1.82) is 0 Å². The Hall–Kier alpha value is -2.84. The van der Waals surface area contributed by atoms with Crippen molar-refractivity contribution in [3.63, 3.8) is 0 Å². The number of rotatable bonds is 7. The number of carbonyl (C=O) groups is 2. The van der Waals surface area contributed by atoms with Crippen molar-refractivity contribution >= 4 is 17.6 Å². The van der Waals surface area contributed by atoms with Gasteiger partial charge in [-0.3, -0.25) is 19.7 Å². The standard InChI is InChI=1S/C21H27N5O3/c1-4-29-21(28)16-5-8-23-18(11-16)14-25-13-17-12-22-7-6-19(17)26(20(27)15-25)10-9-24(2)3/h5-8,11-12H,4,9-10,13-15H2,1-3H3. The fourth-order valence-corrected chi connectivity index (χ4v) is 3.30. The number of pyridine rings is 2. The largest absolute Gasteiger partial charge is 0.462 e. The molecule has 0 saturated carbocycles. The second-order valence-electron chi connectivity index (χ2n) is 7.25. The van der Waals surface area contributed by atoms with Crippen LogP contribution in [0.4, 0.5) is 5.69 Å². The zero-order valence-electron chi connectivity index (χ0n) is 17.2. The van der Waals surface area contributed by atoms with Gasteiger partial charge in [0, 0.05) is 50.3 Å². The Morgan fingerprint density at radius 1 is 1.24 bits per heavy atom. The average Bonchev–Trinajstić information content (AvgIpc) is 2.82. The highest BCUT2D eigenvalue weighted by molar-refractivity contribution is 5.96. The Morgan fingerprint density at radius 3 is 2.83 bits per heavy atom. The molecule has 0 bridgehead atoms. The molecule has 154 valence electrons. The van der Waals surface area contributed by atoms with E-state index >= 15 is 0 Å². The Morgan fingerprint density at radius 2 is 2.07 bits per heavy atom. The fraction of sp³-hybridized carbons (Fsp3) is 0.429. The van der Waals surface area contributed by atoms with Crippen LogP contribution in [0.15, 0.2) is 36.8 Å². The smallest absolute Gasteiger partial charge is 0.338 e. The minimum atomic E-state index is -0.368. The molecule has 2 aromatic heterocycles. The van der Waals surface area contributed by atoms with Crippen LogP contribution in [0.3, 0.4) is 0 Å². The third-order valence-corrected chi connectivity index (χ3v) is 4.71. The van der Waals surface area contributed by atoms with Gasteiger partial charge in [0.1, 0.15) is 0 Å². The summed E-state index contributed by atoms with van der Waals surface area (Å²) in [6.45, 7) is 4.80. The number of likely N-dealkylation sites (N-methyl/N-ethyl adjacent to an activating group) is 1. The Bertz CT molecular complexity index is 871. The van der Waals surface area contributed by atoms with Crippen molar-refractivity contribution < 1.29 is 14.3 Å². The van der Waals surface area contributed by atoms with Crippen LogP contribution < -0.4 is 4.90 Å². The maximum Gasteiger partial charge on any atom is 0.338 e. The lowest BCUT2D eigenvalue weighted by atomic mass is 10.2. The van der Waals surface area contributed by atoms with Crippen molar-refractivity contribution in [2.24, 2.45) is 0 Å². The van der Waals surface area contributed by atoms with E-state index in [2.05, 4.69) is 14.9 Å². The van der Waals surface area contributed by atoms with E-state index < -0.39 is 0 Å². The van der Waals surface area contributed by atoms with Crippen LogP contribution in [0, 0.1) is 0 Å². The van der Waals surface area contributed by atoms with Crippen molar-refractivity contribution in [3.05, 3.63) is 53.6 Å². The number of ether oxygens (including phenoxy) is 1. The Balaban J connectivity index is 1.80. The topological polar surface area (TPSA) is 78.9 Å². The molecule has 3 rings (SSSR count). The van der Waals surface area contributed by atoms with Gasteiger partial charge in [-0.15, -0.1) is 0 Å². The molecule has 0 atom stereocenters. The van der Waals surface area contributed by atoms with Crippen molar-refractivity contribution in [3.8, 4) is 0 Å². The summed E-state index contributed by atoms with van der Waals surface area (Å²) in [4.78, 5) is 39.5. The normalized spacial score (nSPS) is 14.6. The van der Waals surface area contributed by atoms with E-state index in [0.717, 1.165) is 23.5 Å². The van der Waals surface area contributed by atoms with Gasteiger partial charge in [0.15, 0.2) is 0 Å². The van der Waals surface area contributed by atoms with Gasteiger partial charge in [-0.1, -0.05) is 0 Å². The summed E-state index contributed by atoms with van der Waals surface area (Å²) in [7, 11) is 3.98. The van der Waals surface area contributed by atoms with Crippen molar-refractivity contribution in [2.75, 3.05) is 45.2 Å². The van der Waals surface area contributed by atoms with Gasteiger partial charge in [-0.25, -0.2) is 4.79 Å². The van der Waals surface area contributed by atoms with Gasteiger partial charge < -0.3 is 14.5 Å². The number of aromatic nitrogens is 2. The summed E-state index contributed by atoms with van der Waals surface area (Å²) in [6.07, 6.45) is 5.13. The minimum Gasteiger partial charge on any atom is -0.462 e. The van der Waals surface area contributed by atoms with Crippen LogP contribution >= 0.6 is 0 Å². The predicted octanol–water partition coefficient (Wildman–Crippen LogP) is 1.56. The van der Waals surface area contributed by atoms with E-state index in [1.54, 1.807) is 31.5 Å². The molecule has 0 N–H and O–H groups in total. The lowest BCUT2D eigenvalue weighted by molar-refractivity contribution is -0.119. The first-order valence-electron chi connectivity index (χ1n) is 9.70. The van der Waals surface area contributed by atoms with E-state index in [4.69, 9.17) is 4.74 Å². The van der Waals surface area contributed by atoms with Crippen LogP contribution in [0.25, 0.3) is 0 Å². The van der Waals surface area contributed by atoms with Crippen molar-refractivity contribution in [1.82, 2.24) is 19.8 Å². The lowest BCUT2D eigenvalue weighted by Crippen LogP contribution is -2.40. The SMILES string of the molecule is CCOC(=O)c1ccnc(CN2CC(=O)N(CCN(C)C)c3ccncc3C2)c1. The maximum atomic E-state index is 13.0. The molecule has 0 saturated heterocycles. The Labute approximate surface area is 171 Å². The molecule has 2 aromatic rings. The van der Waals surface area contributed by atoms with Gasteiger partial charge in [0.25, 0.3) is 0 Å². The van der Waals surface area contributed by atoms with E-state index in [0.29, 0.717) is 31.8 Å². The summed E-state index contributed by atoms with van der Waals surface area (Å²) in [5.41, 5.74) is 3.09. The zero-order chi connectivity index (χ0) is 20.8. The molecular formula is C21H27N5O3. The summed E-state index contributed by atoms with van der Waals surface area (Å²) in [5.74, 6) is -0.328. The first-order valence-corrected chi connectivity index (χ1v) is 9.70. The molecule has 1 amide bonds. The number of esters is 1. The molecule has 0 radical (unpaired) electrons. The van der Waals surface area contributed by atoms with Gasteiger partial charge in [0.05, 0.1) is 30.1 Å². The molecule has 0 aliphatic carbocycles. The van der Waals surface area contributed by atoms with Crippen LogP contribution in [0.5, 0.6) is 0 Å². The molecule has 8 heteroatoms. The summed E-state index contributed by atoms with van der Waals surface area (Å²) in [6, 6.07) is 5.25. The third kappa shape index (κ3) is 5.36. The van der Waals surface area contributed by atoms with Crippen LogP contribution in [-0.4, -0.2) is 72.0 Å². The van der Waals surface area contributed by atoms with E-state index in [9.17, 15) is 9.59 Å². The first-order chi connectivity index (χ1) is 14.0. The van der Waals surface area contributed by atoms with E-state index in [-0.39, 0.29) is 18.4 Å². The number of carbonyl (C=O) groups excluding carboxylic acids is 2. The zero-order valence-corrected chi connectivity index (χ0v) is 17.2. The average molecular weight is 397 g/mol.